The van der Waals surface area contributed by atoms with Crippen molar-refractivity contribution in [3.05, 3.63) is 18.2 Å². The monoisotopic (exact) mass is 241 g/mol. The summed E-state index contributed by atoms with van der Waals surface area (Å²) >= 11 is 0. The number of hydrogen-bond acceptors (Lipinski definition) is 4. The molecule has 0 spiro atoms. The van der Waals surface area contributed by atoms with Gasteiger partial charge in [-0.2, -0.15) is 0 Å². The molecule has 0 fully saturated rings. The van der Waals surface area contributed by atoms with E-state index >= 15 is 0 Å². The average Bonchev–Trinajstić information content (AvgIpc) is 2.70. The zero-order valence-electron chi connectivity index (χ0n) is 10.4. The number of ether oxygens (including phenoxy) is 1. The molecule has 0 aliphatic carbocycles. The number of carbonyl (C=O) groups is 1. The Labute approximate surface area is 101 Å². The van der Waals surface area contributed by atoms with E-state index in [2.05, 4.69) is 10.3 Å². The van der Waals surface area contributed by atoms with Crippen LogP contribution in [-0.4, -0.2) is 46.4 Å². The summed E-state index contributed by atoms with van der Waals surface area (Å²) in [7, 11) is 3.36. The summed E-state index contributed by atoms with van der Waals surface area (Å²) in [4.78, 5) is 15.6. The molecule has 0 bridgehead atoms. The first-order chi connectivity index (χ1) is 7.94. The van der Waals surface area contributed by atoms with E-state index in [1.807, 2.05) is 0 Å². The number of nitrogens with one attached hydrogen (secondary N) is 1. The minimum atomic E-state index is -0.972. The van der Waals surface area contributed by atoms with Crippen LogP contribution in [0.4, 0.5) is 0 Å². The Balaban J connectivity index is 2.42. The summed E-state index contributed by atoms with van der Waals surface area (Å²) in [5.74, 6) is -0.289. The predicted octanol–water partition coefficient (Wildman–Crippen LogP) is -0.0626. The van der Waals surface area contributed by atoms with Gasteiger partial charge in [0.15, 0.2) is 0 Å². The van der Waals surface area contributed by atoms with E-state index in [0.29, 0.717) is 18.7 Å². The molecular formula is C11H19N3O3. The van der Waals surface area contributed by atoms with Crippen LogP contribution in [0.25, 0.3) is 0 Å². The third-order valence-corrected chi connectivity index (χ3v) is 2.41. The molecule has 17 heavy (non-hydrogen) atoms. The van der Waals surface area contributed by atoms with Crippen LogP contribution in [0.5, 0.6) is 0 Å². The molecule has 2 N–H and O–H groups in total. The molecule has 0 aliphatic heterocycles. The second-order valence-electron chi connectivity index (χ2n) is 4.35. The van der Waals surface area contributed by atoms with Crippen LogP contribution in [0.15, 0.2) is 12.5 Å². The molecule has 96 valence electrons. The van der Waals surface area contributed by atoms with Crippen molar-refractivity contribution < 1.29 is 14.6 Å². The highest BCUT2D eigenvalue weighted by atomic mass is 16.5. The lowest BCUT2D eigenvalue weighted by atomic mass is 10.0. The smallest absolute Gasteiger partial charge is 0.271 e. The fraction of sp³-hybridized carbons (Fsp3) is 0.636. The Hall–Kier alpha value is -1.40. The van der Waals surface area contributed by atoms with Gasteiger partial charge in [-0.3, -0.25) is 4.79 Å². The zero-order valence-corrected chi connectivity index (χ0v) is 10.4. The van der Waals surface area contributed by atoms with Crippen molar-refractivity contribution in [1.82, 2.24) is 14.9 Å². The summed E-state index contributed by atoms with van der Waals surface area (Å²) < 4.78 is 6.58. The molecule has 0 radical (unpaired) electrons. The Morgan fingerprint density at radius 2 is 2.41 bits per heavy atom. The summed E-state index contributed by atoms with van der Waals surface area (Å²) in [6, 6.07) is 0. The van der Waals surface area contributed by atoms with E-state index in [-0.39, 0.29) is 12.5 Å². The molecule has 1 amide bonds. The number of rotatable bonds is 6. The van der Waals surface area contributed by atoms with Gasteiger partial charge in [0.05, 0.1) is 11.9 Å². The maximum Gasteiger partial charge on any atom is 0.271 e. The molecular weight excluding hydrogens is 222 g/mol. The molecule has 1 aromatic heterocycles. The zero-order chi connectivity index (χ0) is 12.9. The number of nitrogens with zero attached hydrogens (tertiary/aromatic N) is 2. The van der Waals surface area contributed by atoms with E-state index < -0.39 is 5.60 Å². The lowest BCUT2D eigenvalue weighted by Gasteiger charge is -2.22. The number of amides is 1. The molecule has 0 aliphatic rings. The van der Waals surface area contributed by atoms with Gasteiger partial charge in [-0.25, -0.2) is 4.98 Å². The number of imidazole rings is 1. The van der Waals surface area contributed by atoms with Gasteiger partial charge in [0.25, 0.3) is 5.91 Å². The standard InChI is InChI=1S/C11H19N3O3/c1-11(16,4-5-17-3)7-12-10(15)9-6-14(2)8-13-9/h6,8,16H,4-5,7H2,1-3H3,(H,12,15). The first-order valence-corrected chi connectivity index (χ1v) is 5.42. The number of hydrogen-bond donors (Lipinski definition) is 2. The molecule has 0 saturated carbocycles. The average molecular weight is 241 g/mol. The van der Waals surface area contributed by atoms with Crippen LogP contribution < -0.4 is 5.32 Å². The second kappa shape index (κ2) is 5.79. The third-order valence-electron chi connectivity index (χ3n) is 2.41. The molecule has 6 nitrogen and oxygen atoms in total. The van der Waals surface area contributed by atoms with E-state index in [9.17, 15) is 9.90 Å². The van der Waals surface area contributed by atoms with Crippen LogP contribution in [0.1, 0.15) is 23.8 Å². The first kappa shape index (κ1) is 13.7. The highest BCUT2D eigenvalue weighted by Gasteiger charge is 2.21. The van der Waals surface area contributed by atoms with Crippen molar-refractivity contribution in [1.29, 1.82) is 0 Å². The minimum absolute atomic E-state index is 0.172. The van der Waals surface area contributed by atoms with Crippen molar-refractivity contribution >= 4 is 5.91 Å². The number of aliphatic hydroxyl groups is 1. The van der Waals surface area contributed by atoms with Crippen molar-refractivity contribution in [2.75, 3.05) is 20.3 Å². The maximum absolute atomic E-state index is 11.6. The van der Waals surface area contributed by atoms with E-state index in [1.54, 1.807) is 38.2 Å². The molecule has 0 aromatic carbocycles. The highest BCUT2D eigenvalue weighted by Crippen LogP contribution is 2.07. The Kier molecular flexibility index (Phi) is 4.65. The number of aryl methyl sites for hydroxylation is 1. The Morgan fingerprint density at radius 3 is 2.94 bits per heavy atom. The van der Waals surface area contributed by atoms with Crippen LogP contribution in [0.3, 0.4) is 0 Å². The van der Waals surface area contributed by atoms with Gasteiger partial charge in [0.2, 0.25) is 0 Å². The summed E-state index contributed by atoms with van der Waals surface area (Å²) in [6.07, 6.45) is 3.64. The molecule has 1 heterocycles. The fourth-order valence-electron chi connectivity index (χ4n) is 1.30. The summed E-state index contributed by atoms with van der Waals surface area (Å²) in [6.45, 7) is 2.28. The van der Waals surface area contributed by atoms with Crippen LogP contribution in [0.2, 0.25) is 0 Å². The normalized spacial score (nSPS) is 14.4. The van der Waals surface area contributed by atoms with E-state index in [0.717, 1.165) is 0 Å². The topological polar surface area (TPSA) is 76.4 Å². The highest BCUT2D eigenvalue weighted by molar-refractivity contribution is 5.92. The van der Waals surface area contributed by atoms with Crippen molar-refractivity contribution in [3.63, 3.8) is 0 Å². The molecule has 1 unspecified atom stereocenters. The van der Waals surface area contributed by atoms with Gasteiger partial charge >= 0.3 is 0 Å². The van der Waals surface area contributed by atoms with E-state index in [1.165, 1.54) is 0 Å². The largest absolute Gasteiger partial charge is 0.388 e. The van der Waals surface area contributed by atoms with E-state index in [4.69, 9.17) is 4.74 Å². The molecule has 1 aromatic rings. The fourth-order valence-corrected chi connectivity index (χ4v) is 1.30. The van der Waals surface area contributed by atoms with Gasteiger partial charge in [-0.05, 0) is 6.92 Å². The van der Waals surface area contributed by atoms with Gasteiger partial charge in [0.1, 0.15) is 5.69 Å². The predicted molar refractivity (Wildman–Crippen MR) is 62.7 cm³/mol. The number of carbonyl (C=O) groups excluding carboxylic acids is 1. The van der Waals surface area contributed by atoms with Crippen molar-refractivity contribution in [2.24, 2.45) is 7.05 Å². The number of aromatic nitrogens is 2. The minimum Gasteiger partial charge on any atom is -0.388 e. The van der Waals surface area contributed by atoms with Crippen LogP contribution in [0, 0.1) is 0 Å². The molecule has 1 rings (SSSR count). The van der Waals surface area contributed by atoms with Gasteiger partial charge in [-0.1, -0.05) is 0 Å². The van der Waals surface area contributed by atoms with Gasteiger partial charge < -0.3 is 19.7 Å². The maximum atomic E-state index is 11.6. The van der Waals surface area contributed by atoms with Crippen molar-refractivity contribution in [2.45, 2.75) is 18.9 Å². The third kappa shape index (κ3) is 4.54. The first-order valence-electron chi connectivity index (χ1n) is 5.42. The second-order valence-corrected chi connectivity index (χ2v) is 4.35. The quantitative estimate of drug-likeness (QED) is 0.731. The summed E-state index contributed by atoms with van der Waals surface area (Å²) in [5.41, 5.74) is -0.629. The summed E-state index contributed by atoms with van der Waals surface area (Å²) in [5, 5.41) is 12.6. The SMILES string of the molecule is COCCC(C)(O)CNC(=O)c1cn(C)cn1. The van der Waals surface area contributed by atoms with Crippen LogP contribution in [-0.2, 0) is 11.8 Å². The van der Waals surface area contributed by atoms with Crippen molar-refractivity contribution in [3.8, 4) is 0 Å². The molecule has 1 atom stereocenters. The Bertz CT molecular complexity index is 374. The molecule has 6 heteroatoms. The molecule has 0 saturated heterocycles. The number of methoxy groups -OCH3 is 1. The van der Waals surface area contributed by atoms with Crippen LogP contribution >= 0.6 is 0 Å². The lowest BCUT2D eigenvalue weighted by molar-refractivity contribution is 0.0243. The van der Waals surface area contributed by atoms with Gasteiger partial charge in [-0.15, -0.1) is 0 Å². The lowest BCUT2D eigenvalue weighted by Crippen LogP contribution is -2.41. The Morgan fingerprint density at radius 1 is 1.71 bits per heavy atom. The van der Waals surface area contributed by atoms with Gasteiger partial charge in [0, 0.05) is 39.9 Å².